The molecule has 1 heterocycles. The van der Waals surface area contributed by atoms with Crippen LogP contribution in [0, 0.1) is 0 Å². The monoisotopic (exact) mass is 363 g/mol. The lowest BCUT2D eigenvalue weighted by molar-refractivity contribution is -0.121. The molecule has 25 heavy (non-hydrogen) atoms. The number of carbonyl (C=O) groups excluding carboxylic acids is 1. The number of pyridine rings is 1. The maximum absolute atomic E-state index is 11.8. The van der Waals surface area contributed by atoms with Crippen molar-refractivity contribution in [2.45, 2.75) is 13.2 Å². The minimum atomic E-state index is -3.36. The Bertz CT molecular complexity index is 792. The number of hydrogen-bond donors (Lipinski definition) is 1. The van der Waals surface area contributed by atoms with Crippen molar-refractivity contribution in [3.05, 3.63) is 59.9 Å². The molecule has 2 rings (SSSR count). The molecule has 0 spiro atoms. The van der Waals surface area contributed by atoms with Gasteiger partial charge in [-0.25, -0.2) is 8.42 Å². The number of aromatic nitrogens is 1. The Morgan fingerprint density at radius 3 is 2.52 bits per heavy atom. The van der Waals surface area contributed by atoms with Crippen LogP contribution in [0.3, 0.4) is 0 Å². The maximum atomic E-state index is 11.8. The predicted molar refractivity (Wildman–Crippen MR) is 94.3 cm³/mol. The van der Waals surface area contributed by atoms with E-state index in [-0.39, 0.29) is 12.5 Å². The average Bonchev–Trinajstić information content (AvgIpc) is 2.59. The fourth-order valence-corrected chi connectivity index (χ4v) is 2.28. The molecule has 1 aromatic heterocycles. The first-order valence-electron chi connectivity index (χ1n) is 7.63. The highest BCUT2D eigenvalue weighted by molar-refractivity contribution is 7.88. The van der Waals surface area contributed by atoms with Crippen LogP contribution in [0.15, 0.2) is 48.8 Å². The first-order valence-corrected chi connectivity index (χ1v) is 9.48. The fourth-order valence-electron chi connectivity index (χ4n) is 1.93. The number of benzene rings is 1. The standard InChI is InChI=1S/C17H21N3O4S/c1-20(25(2,22)23)12-17(21)19-11-14-5-7-16(8-6-14)24-13-15-4-3-9-18-10-15/h3-10H,11-13H2,1-2H3,(H,19,21). The minimum absolute atomic E-state index is 0.203. The molecule has 0 bridgehead atoms. The highest BCUT2D eigenvalue weighted by Crippen LogP contribution is 2.14. The molecule has 0 radical (unpaired) electrons. The first-order chi connectivity index (χ1) is 11.8. The van der Waals surface area contributed by atoms with Gasteiger partial charge in [0.25, 0.3) is 0 Å². The SMILES string of the molecule is CN(CC(=O)NCc1ccc(OCc2cccnc2)cc1)S(C)(=O)=O. The van der Waals surface area contributed by atoms with E-state index in [1.165, 1.54) is 7.05 Å². The van der Waals surface area contributed by atoms with Gasteiger partial charge in [0.15, 0.2) is 0 Å². The molecule has 0 atom stereocenters. The van der Waals surface area contributed by atoms with Crippen LogP contribution in [-0.4, -0.2) is 43.5 Å². The van der Waals surface area contributed by atoms with E-state index in [1.54, 1.807) is 12.4 Å². The quantitative estimate of drug-likeness (QED) is 0.760. The van der Waals surface area contributed by atoms with E-state index in [2.05, 4.69) is 10.3 Å². The molecule has 1 N–H and O–H groups in total. The van der Waals surface area contributed by atoms with Gasteiger partial charge in [-0.15, -0.1) is 0 Å². The summed E-state index contributed by atoms with van der Waals surface area (Å²) >= 11 is 0. The van der Waals surface area contributed by atoms with Crippen LogP contribution in [0.5, 0.6) is 5.75 Å². The van der Waals surface area contributed by atoms with Crippen molar-refractivity contribution in [2.75, 3.05) is 19.8 Å². The average molecular weight is 363 g/mol. The third-order valence-electron chi connectivity index (χ3n) is 3.47. The largest absolute Gasteiger partial charge is 0.489 e. The third-order valence-corrected chi connectivity index (χ3v) is 4.74. The van der Waals surface area contributed by atoms with Crippen LogP contribution >= 0.6 is 0 Å². The minimum Gasteiger partial charge on any atom is -0.489 e. The van der Waals surface area contributed by atoms with Gasteiger partial charge in [-0.1, -0.05) is 18.2 Å². The topological polar surface area (TPSA) is 88.6 Å². The van der Waals surface area contributed by atoms with E-state index in [4.69, 9.17) is 4.74 Å². The number of nitrogens with zero attached hydrogens (tertiary/aromatic N) is 2. The summed E-state index contributed by atoms with van der Waals surface area (Å²) in [6, 6.07) is 11.1. The molecule has 134 valence electrons. The second-order valence-electron chi connectivity index (χ2n) is 5.59. The Balaban J connectivity index is 1.79. The summed E-state index contributed by atoms with van der Waals surface area (Å²) in [6.45, 7) is 0.548. The molecular weight excluding hydrogens is 342 g/mol. The smallest absolute Gasteiger partial charge is 0.235 e. The molecule has 1 amide bonds. The van der Waals surface area contributed by atoms with Crippen LogP contribution < -0.4 is 10.1 Å². The molecule has 0 aliphatic heterocycles. The van der Waals surface area contributed by atoms with Crippen molar-refractivity contribution in [1.29, 1.82) is 0 Å². The summed E-state index contributed by atoms with van der Waals surface area (Å²) in [7, 11) is -2.00. The van der Waals surface area contributed by atoms with Crippen LogP contribution in [0.1, 0.15) is 11.1 Å². The number of ether oxygens (including phenoxy) is 1. The molecule has 0 fully saturated rings. The molecule has 0 aliphatic rings. The second-order valence-corrected chi connectivity index (χ2v) is 7.68. The summed E-state index contributed by atoms with van der Waals surface area (Å²) in [5.74, 6) is 0.362. The van der Waals surface area contributed by atoms with Gasteiger partial charge in [-0.05, 0) is 23.8 Å². The Morgan fingerprint density at radius 1 is 1.20 bits per heavy atom. The van der Waals surface area contributed by atoms with Gasteiger partial charge in [0, 0.05) is 31.5 Å². The summed E-state index contributed by atoms with van der Waals surface area (Å²) in [6.07, 6.45) is 4.52. The number of hydrogen-bond acceptors (Lipinski definition) is 5. The Morgan fingerprint density at radius 2 is 1.92 bits per heavy atom. The van der Waals surface area contributed by atoms with E-state index in [0.717, 1.165) is 27.4 Å². The highest BCUT2D eigenvalue weighted by atomic mass is 32.2. The summed E-state index contributed by atoms with van der Waals surface area (Å²) in [5, 5.41) is 2.69. The zero-order valence-corrected chi connectivity index (χ0v) is 15.0. The lowest BCUT2D eigenvalue weighted by Crippen LogP contribution is -2.37. The first kappa shape index (κ1) is 18.9. The van der Waals surface area contributed by atoms with Gasteiger partial charge in [-0.2, -0.15) is 4.31 Å². The summed E-state index contributed by atoms with van der Waals surface area (Å²) in [4.78, 5) is 15.8. The van der Waals surface area contributed by atoms with Gasteiger partial charge >= 0.3 is 0 Å². The van der Waals surface area contributed by atoms with Crippen molar-refractivity contribution in [3.8, 4) is 5.75 Å². The predicted octanol–water partition coefficient (Wildman–Crippen LogP) is 1.17. The molecular formula is C17H21N3O4S. The number of rotatable bonds is 8. The molecule has 8 heteroatoms. The highest BCUT2D eigenvalue weighted by Gasteiger charge is 2.14. The number of sulfonamides is 1. The molecule has 0 unspecified atom stereocenters. The summed E-state index contributed by atoms with van der Waals surface area (Å²) in [5.41, 5.74) is 1.87. The molecule has 2 aromatic rings. The lowest BCUT2D eigenvalue weighted by Gasteiger charge is -2.13. The third kappa shape index (κ3) is 6.52. The van der Waals surface area contributed by atoms with Gasteiger partial charge in [0.2, 0.25) is 15.9 Å². The van der Waals surface area contributed by atoms with E-state index >= 15 is 0 Å². The van der Waals surface area contributed by atoms with Crippen LogP contribution in [0.25, 0.3) is 0 Å². The van der Waals surface area contributed by atoms with Crippen molar-refractivity contribution in [3.63, 3.8) is 0 Å². The van der Waals surface area contributed by atoms with E-state index in [9.17, 15) is 13.2 Å². The fraction of sp³-hybridized carbons (Fsp3) is 0.294. The molecule has 7 nitrogen and oxygen atoms in total. The van der Waals surface area contributed by atoms with Crippen molar-refractivity contribution < 1.29 is 17.9 Å². The lowest BCUT2D eigenvalue weighted by atomic mass is 10.2. The van der Waals surface area contributed by atoms with Gasteiger partial charge < -0.3 is 10.1 Å². The van der Waals surface area contributed by atoms with Gasteiger partial charge in [0.1, 0.15) is 12.4 Å². The van der Waals surface area contributed by atoms with E-state index in [0.29, 0.717) is 13.2 Å². The van der Waals surface area contributed by atoms with Crippen LogP contribution in [-0.2, 0) is 28.0 Å². The normalized spacial score (nSPS) is 11.3. The number of amides is 1. The molecule has 0 aliphatic carbocycles. The molecule has 1 aromatic carbocycles. The zero-order chi connectivity index (χ0) is 18.3. The van der Waals surface area contributed by atoms with Gasteiger partial charge in [-0.3, -0.25) is 9.78 Å². The zero-order valence-electron chi connectivity index (χ0n) is 14.2. The molecule has 0 saturated heterocycles. The van der Waals surface area contributed by atoms with E-state index < -0.39 is 10.0 Å². The van der Waals surface area contributed by atoms with Crippen LogP contribution in [0.4, 0.5) is 0 Å². The Kier molecular flexibility index (Phi) is 6.49. The van der Waals surface area contributed by atoms with Crippen molar-refractivity contribution in [1.82, 2.24) is 14.6 Å². The van der Waals surface area contributed by atoms with Gasteiger partial charge in [0.05, 0.1) is 12.8 Å². The number of carbonyl (C=O) groups is 1. The Hall–Kier alpha value is -2.45. The molecule has 0 saturated carbocycles. The Labute approximate surface area is 147 Å². The van der Waals surface area contributed by atoms with Crippen molar-refractivity contribution in [2.24, 2.45) is 0 Å². The number of nitrogens with one attached hydrogen (secondary N) is 1. The number of likely N-dealkylation sites (N-methyl/N-ethyl adjacent to an activating group) is 1. The summed E-state index contributed by atoms with van der Waals surface area (Å²) < 4.78 is 29.2. The van der Waals surface area contributed by atoms with E-state index in [1.807, 2.05) is 36.4 Å². The van der Waals surface area contributed by atoms with Crippen molar-refractivity contribution >= 4 is 15.9 Å². The maximum Gasteiger partial charge on any atom is 0.235 e. The second kappa shape index (κ2) is 8.59. The van der Waals surface area contributed by atoms with Crippen LogP contribution in [0.2, 0.25) is 0 Å².